The fraction of sp³-hybridized carbons (Fsp3) is 0.741. The largest absolute Gasteiger partial charge is 0.444 e. The summed E-state index contributed by atoms with van der Waals surface area (Å²) in [7, 11) is 0. The second kappa shape index (κ2) is 12.1. The first kappa shape index (κ1) is 30.3. The van der Waals surface area contributed by atoms with Crippen molar-refractivity contribution in [3.8, 4) is 0 Å². The number of rotatable bonds is 10. The highest BCUT2D eigenvalue weighted by Gasteiger charge is 2.54. The van der Waals surface area contributed by atoms with Crippen LogP contribution in [-0.2, 0) is 23.9 Å². The third-order valence-corrected chi connectivity index (χ3v) is 6.72. The number of Topliss-reactive ketones (excluding diaryl/α,β-unsaturated/α-hetero) is 1. The van der Waals surface area contributed by atoms with Crippen molar-refractivity contribution in [2.24, 2.45) is 11.3 Å². The van der Waals surface area contributed by atoms with Crippen LogP contribution in [0.5, 0.6) is 0 Å². The molecule has 37 heavy (non-hydrogen) atoms. The van der Waals surface area contributed by atoms with E-state index < -0.39 is 52.8 Å². The molecule has 10 heteroatoms. The van der Waals surface area contributed by atoms with Crippen molar-refractivity contribution in [1.29, 1.82) is 0 Å². The molecule has 1 saturated carbocycles. The molecule has 0 aromatic rings. The zero-order valence-corrected chi connectivity index (χ0v) is 23.3. The van der Waals surface area contributed by atoms with Gasteiger partial charge in [-0.15, -0.1) is 6.58 Å². The van der Waals surface area contributed by atoms with Crippen molar-refractivity contribution in [1.82, 2.24) is 20.9 Å². The summed E-state index contributed by atoms with van der Waals surface area (Å²) in [5, 5.41) is 7.94. The molecule has 208 valence electrons. The third-order valence-electron chi connectivity index (χ3n) is 6.72. The molecule has 5 atom stereocenters. The van der Waals surface area contributed by atoms with Gasteiger partial charge in [-0.1, -0.05) is 40.2 Å². The van der Waals surface area contributed by atoms with Gasteiger partial charge < -0.3 is 25.6 Å². The van der Waals surface area contributed by atoms with Crippen LogP contribution in [0.25, 0.3) is 0 Å². The van der Waals surface area contributed by atoms with E-state index in [0.29, 0.717) is 19.3 Å². The minimum Gasteiger partial charge on any atom is -0.444 e. The Labute approximate surface area is 220 Å². The highest BCUT2D eigenvalue weighted by atomic mass is 16.6. The molecule has 1 saturated heterocycles. The van der Waals surface area contributed by atoms with Gasteiger partial charge in [0.2, 0.25) is 17.6 Å². The van der Waals surface area contributed by atoms with E-state index in [9.17, 15) is 24.0 Å². The number of amides is 4. The summed E-state index contributed by atoms with van der Waals surface area (Å²) in [6.07, 6.45) is 3.88. The molecule has 4 amide bonds. The molecule has 3 N–H and O–H groups in total. The zero-order valence-electron chi connectivity index (χ0n) is 23.3. The molecule has 0 spiro atoms. The van der Waals surface area contributed by atoms with Gasteiger partial charge in [0.05, 0.1) is 6.04 Å². The molecule has 1 heterocycles. The van der Waals surface area contributed by atoms with Crippen LogP contribution in [-0.4, -0.2) is 70.8 Å². The van der Waals surface area contributed by atoms with E-state index in [1.54, 1.807) is 25.7 Å². The van der Waals surface area contributed by atoms with Crippen molar-refractivity contribution in [2.75, 3.05) is 6.54 Å². The first-order chi connectivity index (χ1) is 17.1. The molecule has 1 aliphatic heterocycles. The Morgan fingerprint density at radius 2 is 1.70 bits per heavy atom. The predicted molar refractivity (Wildman–Crippen MR) is 139 cm³/mol. The van der Waals surface area contributed by atoms with Gasteiger partial charge in [-0.25, -0.2) is 4.79 Å². The Hall–Kier alpha value is -2.91. The maximum Gasteiger partial charge on any atom is 0.408 e. The number of carbonyl (C=O) groups is 5. The monoisotopic (exact) mass is 520 g/mol. The highest BCUT2D eigenvalue weighted by Crippen LogP contribution is 2.43. The molecule has 0 radical (unpaired) electrons. The van der Waals surface area contributed by atoms with E-state index >= 15 is 0 Å². The van der Waals surface area contributed by atoms with Crippen molar-refractivity contribution in [3.63, 3.8) is 0 Å². The number of alkyl carbamates (subject to hydrolysis) is 1. The number of ketones is 1. The number of fused-ring (bicyclic) bond motifs is 2. The van der Waals surface area contributed by atoms with Crippen LogP contribution < -0.4 is 16.0 Å². The lowest BCUT2D eigenvalue weighted by atomic mass is 9.85. The maximum absolute atomic E-state index is 13.9. The SMILES string of the molecule is C=CCNC(=O)C(=O)[C@@H](CCC)NC(=O)C1C2CCC(C2)N1C(=O)[C@@H](NC(=O)OC(C)(C)C)C(C)(C)C. The number of piperidine rings is 1. The number of nitrogens with zero attached hydrogens (tertiary/aromatic N) is 1. The minimum atomic E-state index is -0.989. The average molecular weight is 521 g/mol. The molecule has 1 aliphatic carbocycles. The quantitative estimate of drug-likeness (QED) is 0.299. The lowest BCUT2D eigenvalue weighted by Crippen LogP contribution is -2.62. The van der Waals surface area contributed by atoms with Crippen LogP contribution >= 0.6 is 0 Å². The molecule has 2 fully saturated rings. The van der Waals surface area contributed by atoms with E-state index in [2.05, 4.69) is 22.5 Å². The molecule has 10 nitrogen and oxygen atoms in total. The zero-order chi connectivity index (χ0) is 28.1. The number of hydrogen-bond donors (Lipinski definition) is 3. The van der Waals surface area contributed by atoms with Gasteiger partial charge in [-0.05, 0) is 57.8 Å². The fourth-order valence-electron chi connectivity index (χ4n) is 5.09. The summed E-state index contributed by atoms with van der Waals surface area (Å²) < 4.78 is 5.39. The standard InChI is InChI=1S/C27H44N4O6/c1-9-11-18(20(32)23(34)28-14-10-2)29-22(33)19-16-12-13-17(15-16)31(19)24(35)21(26(3,4)5)30-25(36)37-27(6,7)8/h10,16-19,21H,2,9,11-15H2,1,3-8H3,(H,28,34)(H,29,33)(H,30,36)/t16?,17?,18-,19?,21-/m1/s1. The van der Waals surface area contributed by atoms with Crippen LogP contribution in [0.1, 0.15) is 80.6 Å². The van der Waals surface area contributed by atoms with Crippen molar-refractivity contribution < 1.29 is 28.7 Å². The Balaban J connectivity index is 2.26. The van der Waals surface area contributed by atoms with Gasteiger partial charge in [-0.3, -0.25) is 19.2 Å². The molecule has 2 bridgehead atoms. The summed E-state index contributed by atoms with van der Waals surface area (Å²) in [6.45, 7) is 16.3. The number of ether oxygens (including phenoxy) is 1. The van der Waals surface area contributed by atoms with Gasteiger partial charge in [0, 0.05) is 12.6 Å². The van der Waals surface area contributed by atoms with E-state index in [1.165, 1.54) is 6.08 Å². The summed E-state index contributed by atoms with van der Waals surface area (Å²) in [4.78, 5) is 66.6. The molecule has 2 aliphatic rings. The van der Waals surface area contributed by atoms with Crippen molar-refractivity contribution >= 4 is 29.6 Å². The van der Waals surface area contributed by atoms with Gasteiger partial charge in [0.1, 0.15) is 17.7 Å². The number of nitrogens with one attached hydrogen (secondary N) is 3. The van der Waals surface area contributed by atoms with E-state index in [4.69, 9.17) is 4.74 Å². The first-order valence-corrected chi connectivity index (χ1v) is 13.2. The normalized spacial score (nSPS) is 22.6. The molecule has 0 aromatic carbocycles. The second-order valence-electron chi connectivity index (χ2n) is 12.1. The van der Waals surface area contributed by atoms with Gasteiger partial charge >= 0.3 is 6.09 Å². The van der Waals surface area contributed by atoms with Crippen LogP contribution in [0.4, 0.5) is 4.79 Å². The van der Waals surface area contributed by atoms with Crippen LogP contribution in [0.2, 0.25) is 0 Å². The van der Waals surface area contributed by atoms with Gasteiger partial charge in [-0.2, -0.15) is 0 Å². The summed E-state index contributed by atoms with van der Waals surface area (Å²) in [6, 6.07) is -2.82. The molecule has 0 aromatic heterocycles. The van der Waals surface area contributed by atoms with E-state index in [1.807, 2.05) is 27.7 Å². The molecular formula is C27H44N4O6. The highest BCUT2D eigenvalue weighted by molar-refractivity contribution is 6.38. The van der Waals surface area contributed by atoms with E-state index in [0.717, 1.165) is 12.8 Å². The maximum atomic E-state index is 13.9. The van der Waals surface area contributed by atoms with Crippen LogP contribution in [0.15, 0.2) is 12.7 Å². The summed E-state index contributed by atoms with van der Waals surface area (Å²) in [5.74, 6) is -2.37. The van der Waals surface area contributed by atoms with Gasteiger partial charge in [0.25, 0.3) is 5.91 Å². The molecule has 2 rings (SSSR count). The Morgan fingerprint density at radius 1 is 1.05 bits per heavy atom. The Kier molecular flexibility index (Phi) is 9.91. The summed E-state index contributed by atoms with van der Waals surface area (Å²) >= 11 is 0. The Morgan fingerprint density at radius 3 is 2.24 bits per heavy atom. The van der Waals surface area contributed by atoms with Crippen molar-refractivity contribution in [3.05, 3.63) is 12.7 Å². The minimum absolute atomic E-state index is 0.0527. The van der Waals surface area contributed by atoms with Crippen molar-refractivity contribution in [2.45, 2.75) is 110 Å². The summed E-state index contributed by atoms with van der Waals surface area (Å²) in [5.41, 5.74) is -1.38. The second-order valence-corrected chi connectivity index (χ2v) is 12.1. The number of likely N-dealkylation sites (tertiary alicyclic amines) is 1. The lowest BCUT2D eigenvalue weighted by Gasteiger charge is -2.40. The average Bonchev–Trinajstić information content (AvgIpc) is 3.39. The number of hydrogen-bond acceptors (Lipinski definition) is 6. The smallest absolute Gasteiger partial charge is 0.408 e. The number of carbonyl (C=O) groups excluding carboxylic acids is 5. The van der Waals surface area contributed by atoms with Crippen LogP contribution in [0, 0.1) is 11.3 Å². The van der Waals surface area contributed by atoms with Gasteiger partial charge in [0.15, 0.2) is 0 Å². The fourth-order valence-corrected chi connectivity index (χ4v) is 5.09. The topological polar surface area (TPSA) is 134 Å². The van der Waals surface area contributed by atoms with E-state index in [-0.39, 0.29) is 24.4 Å². The predicted octanol–water partition coefficient (Wildman–Crippen LogP) is 2.46. The molecule has 3 unspecified atom stereocenters. The Bertz CT molecular complexity index is 904. The first-order valence-electron chi connectivity index (χ1n) is 13.2. The third kappa shape index (κ3) is 7.79. The molecular weight excluding hydrogens is 476 g/mol. The lowest BCUT2D eigenvalue weighted by molar-refractivity contribution is -0.147. The van der Waals surface area contributed by atoms with Crippen LogP contribution in [0.3, 0.4) is 0 Å².